The minimum absolute atomic E-state index is 0.0210. The Kier molecular flexibility index (Phi) is 7.38. The second-order valence-corrected chi connectivity index (χ2v) is 12.1. The molecule has 6 nitrogen and oxygen atoms in total. The zero-order valence-electron chi connectivity index (χ0n) is 19.2. The molecular weight excluding hydrogens is 520 g/mol. The monoisotopic (exact) mass is 544 g/mol. The molecule has 12 heteroatoms. The Hall–Kier alpha value is -2.60. The van der Waals surface area contributed by atoms with Gasteiger partial charge in [-0.2, -0.15) is 24.9 Å². The number of rotatable bonds is 6. The van der Waals surface area contributed by atoms with Crippen molar-refractivity contribution in [1.82, 2.24) is 10.2 Å². The summed E-state index contributed by atoms with van der Waals surface area (Å²) in [4.78, 5) is 27.9. The second-order valence-electron chi connectivity index (χ2n) is 8.95. The highest BCUT2D eigenvalue weighted by Gasteiger charge is 2.40. The van der Waals surface area contributed by atoms with E-state index in [1.165, 1.54) is 40.9 Å². The lowest BCUT2D eigenvalue weighted by molar-refractivity contribution is -0.137. The Morgan fingerprint density at radius 2 is 1.86 bits per heavy atom. The summed E-state index contributed by atoms with van der Waals surface area (Å²) in [6, 6.07) is 6.11. The maximum absolute atomic E-state index is 14.7. The van der Waals surface area contributed by atoms with Gasteiger partial charge in [0, 0.05) is 35.4 Å². The predicted octanol–water partition coefficient (Wildman–Crippen LogP) is 4.07. The second kappa shape index (κ2) is 10.0. The van der Waals surface area contributed by atoms with Gasteiger partial charge < -0.3 is 10.2 Å². The molecular formula is C24H24F4N2O4S2. The lowest BCUT2D eigenvalue weighted by Gasteiger charge is -2.35. The van der Waals surface area contributed by atoms with E-state index in [0.29, 0.717) is 24.7 Å². The molecule has 194 valence electrons. The highest BCUT2D eigenvalue weighted by molar-refractivity contribution is 7.99. The van der Waals surface area contributed by atoms with Crippen LogP contribution in [0.5, 0.6) is 0 Å². The molecule has 0 radical (unpaired) electrons. The fraction of sp³-hybridized carbons (Fsp3) is 0.417. The standard InChI is InChI=1S/C24H24F4N2O4S2/c1-36(33,34)17-4-2-3-15(11-17)23(32)30-9-10-35-13-20(30)22(31)29-21(14-5-6-14)18-8-7-16(12-19(18)25)24(26,27)28/h2-4,7-8,11-12,14,20-21H,5-6,9-10,13H2,1H3,(H,29,31)/t20-,21?/m0/s1. The molecule has 2 aromatic carbocycles. The number of halogens is 4. The zero-order chi connectivity index (χ0) is 26.3. The molecule has 1 aliphatic carbocycles. The van der Waals surface area contributed by atoms with Crippen LogP contribution >= 0.6 is 11.8 Å². The summed E-state index contributed by atoms with van der Waals surface area (Å²) in [5, 5.41) is 2.77. The van der Waals surface area contributed by atoms with E-state index in [-0.39, 0.29) is 34.2 Å². The third-order valence-electron chi connectivity index (χ3n) is 6.26. The summed E-state index contributed by atoms with van der Waals surface area (Å²) in [5.74, 6) is -1.37. The van der Waals surface area contributed by atoms with Gasteiger partial charge in [-0.3, -0.25) is 9.59 Å². The third-order valence-corrected chi connectivity index (χ3v) is 8.39. The number of carbonyl (C=O) groups excluding carboxylic acids is 2. The van der Waals surface area contributed by atoms with E-state index in [2.05, 4.69) is 5.32 Å². The molecule has 2 aromatic rings. The van der Waals surface area contributed by atoms with Crippen molar-refractivity contribution in [3.63, 3.8) is 0 Å². The van der Waals surface area contributed by atoms with Crippen LogP contribution in [0.2, 0.25) is 0 Å². The predicted molar refractivity (Wildman–Crippen MR) is 127 cm³/mol. The van der Waals surface area contributed by atoms with Crippen molar-refractivity contribution in [3.05, 3.63) is 65.0 Å². The van der Waals surface area contributed by atoms with Crippen LogP contribution in [0.15, 0.2) is 47.4 Å². The Morgan fingerprint density at radius 3 is 2.47 bits per heavy atom. The van der Waals surface area contributed by atoms with E-state index in [9.17, 15) is 35.6 Å². The van der Waals surface area contributed by atoms with Gasteiger partial charge in [-0.25, -0.2) is 12.8 Å². The van der Waals surface area contributed by atoms with Gasteiger partial charge in [0.15, 0.2) is 9.84 Å². The Bertz CT molecular complexity index is 1280. The van der Waals surface area contributed by atoms with E-state index in [4.69, 9.17) is 0 Å². The molecule has 2 amide bonds. The highest BCUT2D eigenvalue weighted by atomic mass is 32.2. The maximum atomic E-state index is 14.7. The molecule has 0 aromatic heterocycles. The van der Waals surface area contributed by atoms with E-state index in [1.54, 1.807) is 0 Å². The number of benzene rings is 2. The first kappa shape index (κ1) is 26.5. The molecule has 1 aliphatic heterocycles. The minimum atomic E-state index is -4.69. The molecule has 0 spiro atoms. The van der Waals surface area contributed by atoms with Crippen molar-refractivity contribution in [2.24, 2.45) is 5.92 Å². The Morgan fingerprint density at radius 1 is 1.14 bits per heavy atom. The molecule has 1 saturated carbocycles. The van der Waals surface area contributed by atoms with Crippen molar-refractivity contribution in [2.75, 3.05) is 24.3 Å². The van der Waals surface area contributed by atoms with Gasteiger partial charge in [-0.15, -0.1) is 0 Å². The van der Waals surface area contributed by atoms with Crippen molar-refractivity contribution >= 4 is 33.4 Å². The summed E-state index contributed by atoms with van der Waals surface area (Å²) in [7, 11) is -3.55. The number of nitrogens with one attached hydrogen (secondary N) is 1. The van der Waals surface area contributed by atoms with Crippen LogP contribution in [0, 0.1) is 11.7 Å². The van der Waals surface area contributed by atoms with Gasteiger partial charge in [0.05, 0.1) is 16.5 Å². The fourth-order valence-corrected chi connectivity index (χ4v) is 5.89. The largest absolute Gasteiger partial charge is 0.416 e. The van der Waals surface area contributed by atoms with Crippen LogP contribution in [-0.2, 0) is 20.8 Å². The summed E-state index contributed by atoms with van der Waals surface area (Å²) in [6.45, 7) is 0.243. The van der Waals surface area contributed by atoms with Gasteiger partial charge in [-0.05, 0) is 49.1 Å². The summed E-state index contributed by atoms with van der Waals surface area (Å²) < 4.78 is 77.4. The smallest absolute Gasteiger partial charge is 0.347 e. The molecule has 4 rings (SSSR count). The molecule has 1 unspecified atom stereocenters. The highest BCUT2D eigenvalue weighted by Crippen LogP contribution is 2.43. The molecule has 0 bridgehead atoms. The average molecular weight is 545 g/mol. The fourth-order valence-electron chi connectivity index (χ4n) is 4.17. The molecule has 2 aliphatic rings. The number of carbonyl (C=O) groups is 2. The van der Waals surface area contributed by atoms with Crippen molar-refractivity contribution in [2.45, 2.75) is 36.0 Å². The van der Waals surface area contributed by atoms with Crippen molar-refractivity contribution in [1.29, 1.82) is 0 Å². The average Bonchev–Trinajstić information content (AvgIpc) is 3.66. The first-order chi connectivity index (χ1) is 16.9. The van der Waals surface area contributed by atoms with Crippen LogP contribution in [-0.4, -0.2) is 55.5 Å². The topological polar surface area (TPSA) is 83.6 Å². The van der Waals surface area contributed by atoms with Gasteiger partial charge >= 0.3 is 6.18 Å². The van der Waals surface area contributed by atoms with E-state index < -0.39 is 51.3 Å². The Balaban J connectivity index is 1.56. The number of thioether (sulfide) groups is 1. The summed E-state index contributed by atoms with van der Waals surface area (Å²) in [6.07, 6.45) is -2.29. The van der Waals surface area contributed by atoms with Crippen LogP contribution in [0.4, 0.5) is 17.6 Å². The zero-order valence-corrected chi connectivity index (χ0v) is 20.9. The van der Waals surface area contributed by atoms with E-state index in [0.717, 1.165) is 18.4 Å². The van der Waals surface area contributed by atoms with Crippen LogP contribution in [0.3, 0.4) is 0 Å². The van der Waals surface area contributed by atoms with Crippen LogP contribution in [0.1, 0.15) is 40.4 Å². The molecule has 2 fully saturated rings. The number of hydrogen-bond donors (Lipinski definition) is 1. The first-order valence-electron chi connectivity index (χ1n) is 11.2. The number of nitrogens with zero attached hydrogens (tertiary/aromatic N) is 1. The number of alkyl halides is 3. The number of amides is 2. The third kappa shape index (κ3) is 5.86. The Labute approximate surface area is 210 Å². The first-order valence-corrected chi connectivity index (χ1v) is 14.3. The van der Waals surface area contributed by atoms with Gasteiger partial charge in [0.1, 0.15) is 11.9 Å². The van der Waals surface area contributed by atoms with Crippen molar-refractivity contribution in [3.8, 4) is 0 Å². The minimum Gasteiger partial charge on any atom is -0.347 e. The quantitative estimate of drug-likeness (QED) is 0.555. The van der Waals surface area contributed by atoms with Gasteiger partial charge in [0.2, 0.25) is 5.91 Å². The van der Waals surface area contributed by atoms with E-state index >= 15 is 0 Å². The van der Waals surface area contributed by atoms with E-state index in [1.807, 2.05) is 0 Å². The van der Waals surface area contributed by atoms with Crippen LogP contribution < -0.4 is 5.32 Å². The van der Waals surface area contributed by atoms with Crippen molar-refractivity contribution < 1.29 is 35.6 Å². The molecule has 1 heterocycles. The lowest BCUT2D eigenvalue weighted by Crippen LogP contribution is -2.54. The SMILES string of the molecule is CS(=O)(=O)c1cccc(C(=O)N2CCSC[C@H]2C(=O)NC(c2ccc(C(F)(F)F)cc2F)C2CC2)c1. The number of sulfone groups is 1. The molecule has 1 N–H and O–H groups in total. The normalized spacial score (nSPS) is 19.6. The van der Waals surface area contributed by atoms with Crippen LogP contribution in [0.25, 0.3) is 0 Å². The summed E-state index contributed by atoms with van der Waals surface area (Å²) in [5.41, 5.74) is -1.02. The van der Waals surface area contributed by atoms with Gasteiger partial charge in [0.25, 0.3) is 5.91 Å². The molecule has 1 saturated heterocycles. The lowest BCUT2D eigenvalue weighted by atomic mass is 9.99. The summed E-state index contributed by atoms with van der Waals surface area (Å²) >= 11 is 1.46. The number of hydrogen-bond acceptors (Lipinski definition) is 5. The molecule has 36 heavy (non-hydrogen) atoms. The van der Waals surface area contributed by atoms with Gasteiger partial charge in [-0.1, -0.05) is 12.1 Å². The molecule has 2 atom stereocenters. The maximum Gasteiger partial charge on any atom is 0.416 e.